The summed E-state index contributed by atoms with van der Waals surface area (Å²) in [5.74, 6) is 0. The number of nitrogens with two attached hydrogens (primary N) is 1. The molecule has 1 aliphatic rings. The van der Waals surface area contributed by atoms with E-state index in [1.807, 2.05) is 12.4 Å². The summed E-state index contributed by atoms with van der Waals surface area (Å²) in [5.41, 5.74) is 9.63. The Morgan fingerprint density at radius 2 is 1.61 bits per heavy atom. The highest BCUT2D eigenvalue weighted by Crippen LogP contribution is 2.52. The molecular weight excluding hydrogens is 220 g/mol. The van der Waals surface area contributed by atoms with Crippen LogP contribution in [0.25, 0.3) is 0 Å². The van der Waals surface area contributed by atoms with Crippen molar-refractivity contribution in [2.45, 2.75) is 59.4 Å². The quantitative estimate of drug-likeness (QED) is 0.819. The Bertz CT molecular complexity index is 430. The highest BCUT2D eigenvalue weighted by atomic mass is 14.8. The van der Waals surface area contributed by atoms with Crippen molar-refractivity contribution in [2.75, 3.05) is 0 Å². The van der Waals surface area contributed by atoms with Crippen LogP contribution in [0, 0.1) is 17.8 Å². The lowest BCUT2D eigenvalue weighted by Crippen LogP contribution is -2.50. The Hall–Kier alpha value is -0.890. The highest BCUT2D eigenvalue weighted by molar-refractivity contribution is 5.31. The van der Waals surface area contributed by atoms with Crippen molar-refractivity contribution in [1.82, 2.24) is 4.98 Å². The first-order valence-corrected chi connectivity index (χ1v) is 6.84. The number of aryl methyl sites for hydroxylation is 1. The maximum Gasteiger partial charge on any atom is 0.0437 e. The summed E-state index contributed by atoms with van der Waals surface area (Å²) in [6, 6.07) is 2.07. The van der Waals surface area contributed by atoms with Gasteiger partial charge in [-0.15, -0.1) is 0 Å². The largest absolute Gasteiger partial charge is 0.321 e. The van der Waals surface area contributed by atoms with Crippen molar-refractivity contribution in [3.63, 3.8) is 0 Å². The lowest BCUT2D eigenvalue weighted by Gasteiger charge is -2.51. The molecule has 1 fully saturated rings. The Kier molecular flexibility index (Phi) is 3.05. The molecule has 100 valence electrons. The average Bonchev–Trinajstić information content (AvgIpc) is 2.11. The molecule has 0 atom stereocenters. The van der Waals surface area contributed by atoms with Gasteiger partial charge >= 0.3 is 0 Å². The van der Waals surface area contributed by atoms with Crippen molar-refractivity contribution in [1.29, 1.82) is 0 Å². The molecule has 2 heteroatoms. The Morgan fingerprint density at radius 3 is 2.11 bits per heavy atom. The van der Waals surface area contributed by atoms with Gasteiger partial charge in [-0.3, -0.25) is 4.98 Å². The van der Waals surface area contributed by atoms with Gasteiger partial charge in [0.1, 0.15) is 0 Å². The molecule has 2 rings (SSSR count). The van der Waals surface area contributed by atoms with E-state index in [0.29, 0.717) is 10.8 Å². The smallest absolute Gasteiger partial charge is 0.0437 e. The van der Waals surface area contributed by atoms with Crippen molar-refractivity contribution in [2.24, 2.45) is 16.6 Å². The normalized spacial score (nSPS) is 24.8. The summed E-state index contributed by atoms with van der Waals surface area (Å²) >= 11 is 0. The van der Waals surface area contributed by atoms with Crippen LogP contribution in [0.1, 0.15) is 58.1 Å². The van der Waals surface area contributed by atoms with E-state index in [0.717, 1.165) is 12.8 Å². The van der Waals surface area contributed by atoms with Crippen molar-refractivity contribution < 1.29 is 0 Å². The number of pyridine rings is 1. The molecule has 1 saturated carbocycles. The maximum absolute atomic E-state index is 6.79. The summed E-state index contributed by atoms with van der Waals surface area (Å²) in [6.07, 6.45) is 7.12. The van der Waals surface area contributed by atoms with Gasteiger partial charge in [0.2, 0.25) is 0 Å². The van der Waals surface area contributed by atoms with Crippen LogP contribution < -0.4 is 5.73 Å². The molecule has 0 radical (unpaired) electrons. The molecule has 2 N–H and O–H groups in total. The number of rotatable bonds is 1. The minimum absolute atomic E-state index is 0.233. The molecule has 0 aliphatic heterocycles. The van der Waals surface area contributed by atoms with E-state index in [2.05, 4.69) is 45.7 Å². The molecule has 1 aliphatic carbocycles. The molecule has 0 amide bonds. The molecule has 0 bridgehead atoms. The van der Waals surface area contributed by atoms with Gasteiger partial charge in [0.15, 0.2) is 0 Å². The van der Waals surface area contributed by atoms with Crippen LogP contribution in [0.5, 0.6) is 0 Å². The van der Waals surface area contributed by atoms with Crippen LogP contribution >= 0.6 is 0 Å². The second-order valence-electron chi connectivity index (χ2n) is 7.71. The maximum atomic E-state index is 6.79. The zero-order valence-electron chi connectivity index (χ0n) is 12.4. The second kappa shape index (κ2) is 4.06. The predicted octanol–water partition coefficient (Wildman–Crippen LogP) is 3.78. The molecule has 1 heterocycles. The van der Waals surface area contributed by atoms with E-state index < -0.39 is 0 Å². The van der Waals surface area contributed by atoms with E-state index in [-0.39, 0.29) is 5.54 Å². The molecule has 0 spiro atoms. The summed E-state index contributed by atoms with van der Waals surface area (Å²) in [6.45, 7) is 11.5. The van der Waals surface area contributed by atoms with E-state index in [4.69, 9.17) is 5.73 Å². The van der Waals surface area contributed by atoms with Gasteiger partial charge in [-0.25, -0.2) is 0 Å². The van der Waals surface area contributed by atoms with E-state index in [1.54, 1.807) is 0 Å². The lowest BCUT2D eigenvalue weighted by atomic mass is 9.57. The Balaban J connectivity index is 2.45. The van der Waals surface area contributed by atoms with Crippen LogP contribution in [0.3, 0.4) is 0 Å². The zero-order chi connectivity index (χ0) is 13.6. The van der Waals surface area contributed by atoms with Crippen LogP contribution in [-0.2, 0) is 5.54 Å². The molecule has 0 aromatic carbocycles. The van der Waals surface area contributed by atoms with Gasteiger partial charge in [0.25, 0.3) is 0 Å². The molecule has 18 heavy (non-hydrogen) atoms. The van der Waals surface area contributed by atoms with Gasteiger partial charge in [-0.05, 0) is 54.2 Å². The van der Waals surface area contributed by atoms with Crippen LogP contribution in [0.2, 0.25) is 0 Å². The molecular formula is C16H26N2. The molecule has 1 aromatic heterocycles. The number of hydrogen-bond acceptors (Lipinski definition) is 2. The summed E-state index contributed by atoms with van der Waals surface area (Å²) in [5, 5.41) is 0. The monoisotopic (exact) mass is 246 g/mol. The molecule has 0 unspecified atom stereocenters. The number of nitrogens with zero attached hydrogens (tertiary/aromatic N) is 1. The van der Waals surface area contributed by atoms with Crippen LogP contribution in [0.4, 0.5) is 0 Å². The van der Waals surface area contributed by atoms with Crippen LogP contribution in [0.15, 0.2) is 18.5 Å². The van der Waals surface area contributed by atoms with Gasteiger partial charge in [0.05, 0.1) is 0 Å². The average molecular weight is 246 g/mol. The fraction of sp³-hybridized carbons (Fsp3) is 0.688. The van der Waals surface area contributed by atoms with Gasteiger partial charge in [-0.2, -0.15) is 0 Å². The number of hydrogen-bond donors (Lipinski definition) is 1. The minimum atomic E-state index is -0.233. The summed E-state index contributed by atoms with van der Waals surface area (Å²) < 4.78 is 0. The fourth-order valence-electron chi connectivity index (χ4n) is 4.37. The number of aromatic nitrogens is 1. The highest BCUT2D eigenvalue weighted by Gasteiger charge is 2.46. The van der Waals surface area contributed by atoms with Gasteiger partial charge in [0, 0.05) is 17.9 Å². The fourth-order valence-corrected chi connectivity index (χ4v) is 4.37. The third kappa shape index (κ3) is 2.59. The first-order chi connectivity index (χ1) is 8.14. The topological polar surface area (TPSA) is 38.9 Å². The second-order valence-corrected chi connectivity index (χ2v) is 7.71. The van der Waals surface area contributed by atoms with Gasteiger partial charge < -0.3 is 5.73 Å². The molecule has 1 aromatic rings. The third-order valence-corrected chi connectivity index (χ3v) is 4.12. The minimum Gasteiger partial charge on any atom is -0.321 e. The first-order valence-electron chi connectivity index (χ1n) is 6.84. The standard InChI is InChI=1S/C16H26N2/c1-12-6-7-18-8-13(12)16(17)10-14(2,3)9-15(4,5)11-16/h6-8H,9-11,17H2,1-5H3. The Morgan fingerprint density at radius 1 is 1.06 bits per heavy atom. The van der Waals surface area contributed by atoms with Crippen molar-refractivity contribution in [3.05, 3.63) is 29.6 Å². The van der Waals surface area contributed by atoms with E-state index in [1.165, 1.54) is 17.5 Å². The SMILES string of the molecule is Cc1ccncc1C1(N)CC(C)(C)CC(C)(C)C1. The van der Waals surface area contributed by atoms with Gasteiger partial charge in [-0.1, -0.05) is 27.7 Å². The van der Waals surface area contributed by atoms with Crippen molar-refractivity contribution >= 4 is 0 Å². The predicted molar refractivity (Wildman–Crippen MR) is 76.3 cm³/mol. The molecule has 2 nitrogen and oxygen atoms in total. The summed E-state index contributed by atoms with van der Waals surface area (Å²) in [4.78, 5) is 4.28. The molecule has 0 saturated heterocycles. The van der Waals surface area contributed by atoms with E-state index in [9.17, 15) is 0 Å². The third-order valence-electron chi connectivity index (χ3n) is 4.12. The van der Waals surface area contributed by atoms with Crippen LogP contribution in [-0.4, -0.2) is 4.98 Å². The zero-order valence-corrected chi connectivity index (χ0v) is 12.4. The Labute approximate surface area is 111 Å². The summed E-state index contributed by atoms with van der Waals surface area (Å²) in [7, 11) is 0. The van der Waals surface area contributed by atoms with Crippen molar-refractivity contribution in [3.8, 4) is 0 Å². The lowest BCUT2D eigenvalue weighted by molar-refractivity contribution is 0.0466. The first kappa shape index (κ1) is 13.5. The van der Waals surface area contributed by atoms with E-state index >= 15 is 0 Å².